The summed E-state index contributed by atoms with van der Waals surface area (Å²) in [4.78, 5) is 12.9. The minimum absolute atomic E-state index is 0. The van der Waals surface area contributed by atoms with E-state index in [9.17, 15) is 4.79 Å². The predicted molar refractivity (Wildman–Crippen MR) is 85.4 cm³/mol. The number of halogens is 2. The molecule has 0 aliphatic rings. The fraction of sp³-hybridized carbons (Fsp3) is 0.583. The molecule has 19 heavy (non-hydrogen) atoms. The van der Waals surface area contributed by atoms with Gasteiger partial charge in [0.1, 0.15) is 0 Å². The average Bonchev–Trinajstić information content (AvgIpc) is 2.79. The number of rotatable bonds is 8. The second-order valence-electron chi connectivity index (χ2n) is 3.90. The summed E-state index contributed by atoms with van der Waals surface area (Å²) in [5.41, 5.74) is 0. The van der Waals surface area contributed by atoms with Crippen LogP contribution < -0.4 is 10.6 Å². The van der Waals surface area contributed by atoms with Crippen molar-refractivity contribution in [1.82, 2.24) is 10.6 Å². The number of ether oxygens (including phenoxy) is 1. The number of thiophene rings is 1. The summed E-state index contributed by atoms with van der Waals surface area (Å²) in [6.45, 7) is 4.81. The Labute approximate surface area is 132 Å². The third-order valence-corrected chi connectivity index (χ3v) is 4.30. The topological polar surface area (TPSA) is 50.4 Å². The Morgan fingerprint density at radius 2 is 2.16 bits per heavy atom. The molecular weight excluding hydrogens is 352 g/mol. The van der Waals surface area contributed by atoms with Gasteiger partial charge in [0.25, 0.3) is 0 Å². The number of nitrogens with one attached hydrogen (secondary N) is 2. The van der Waals surface area contributed by atoms with Crippen molar-refractivity contribution in [2.75, 3.05) is 33.4 Å². The van der Waals surface area contributed by atoms with Crippen LogP contribution in [-0.2, 0) is 9.53 Å². The molecule has 0 aromatic carbocycles. The van der Waals surface area contributed by atoms with Crippen LogP contribution in [0.25, 0.3) is 0 Å². The summed E-state index contributed by atoms with van der Waals surface area (Å²) in [6.07, 6.45) is 0. The van der Waals surface area contributed by atoms with Gasteiger partial charge in [0.2, 0.25) is 5.91 Å². The van der Waals surface area contributed by atoms with Crippen LogP contribution in [0.5, 0.6) is 0 Å². The van der Waals surface area contributed by atoms with E-state index in [4.69, 9.17) is 4.74 Å². The zero-order valence-electron chi connectivity index (χ0n) is 11.1. The van der Waals surface area contributed by atoms with Crippen LogP contribution in [0.2, 0.25) is 0 Å². The Kier molecular flexibility index (Phi) is 10.5. The van der Waals surface area contributed by atoms with Gasteiger partial charge < -0.3 is 15.4 Å². The minimum Gasteiger partial charge on any atom is -0.383 e. The van der Waals surface area contributed by atoms with E-state index >= 15 is 0 Å². The number of carbonyl (C=O) groups is 1. The maximum absolute atomic E-state index is 11.9. The average molecular weight is 372 g/mol. The van der Waals surface area contributed by atoms with Crippen LogP contribution >= 0.6 is 39.7 Å². The normalized spacial score (nSPS) is 11.7. The molecule has 0 saturated carbocycles. The van der Waals surface area contributed by atoms with E-state index < -0.39 is 0 Å². The molecule has 1 heterocycles. The maximum atomic E-state index is 11.9. The molecule has 0 fully saturated rings. The summed E-state index contributed by atoms with van der Waals surface area (Å²) >= 11 is 5.00. The molecule has 1 unspecified atom stereocenters. The van der Waals surface area contributed by atoms with Crippen LogP contribution in [-0.4, -0.2) is 39.3 Å². The molecule has 1 amide bonds. The summed E-state index contributed by atoms with van der Waals surface area (Å²) < 4.78 is 5.97. The third-order valence-electron chi connectivity index (χ3n) is 2.50. The highest BCUT2D eigenvalue weighted by Crippen LogP contribution is 2.28. The van der Waals surface area contributed by atoms with E-state index in [1.165, 1.54) is 0 Å². The molecule has 0 bridgehead atoms. The summed E-state index contributed by atoms with van der Waals surface area (Å²) in [5, 5.41) is 6.10. The monoisotopic (exact) mass is 370 g/mol. The van der Waals surface area contributed by atoms with Crippen molar-refractivity contribution in [2.45, 2.75) is 12.8 Å². The van der Waals surface area contributed by atoms with Gasteiger partial charge in [-0.2, -0.15) is 0 Å². The van der Waals surface area contributed by atoms with Gasteiger partial charge in [-0.15, -0.1) is 23.7 Å². The Balaban J connectivity index is 0.00000324. The Morgan fingerprint density at radius 1 is 1.42 bits per heavy atom. The molecule has 0 aliphatic carbocycles. The first-order valence-corrected chi connectivity index (χ1v) is 7.48. The fourth-order valence-corrected chi connectivity index (χ4v) is 2.89. The summed E-state index contributed by atoms with van der Waals surface area (Å²) in [5.74, 6) is -0.0295. The van der Waals surface area contributed by atoms with Gasteiger partial charge in [0.15, 0.2) is 0 Å². The standard InChI is InChI=1S/C12H19BrN2O2S.ClH/c1-9(10-3-4-11(13)18-10)12(16)15-6-5-14-7-8-17-2;/h3-4,9,14H,5-8H2,1-2H3,(H,15,16);1H. The SMILES string of the molecule is COCCNCCNC(=O)C(C)c1ccc(Br)s1.Cl. The lowest BCUT2D eigenvalue weighted by molar-refractivity contribution is -0.122. The molecule has 1 aromatic rings. The van der Waals surface area contributed by atoms with E-state index in [1.807, 2.05) is 19.1 Å². The summed E-state index contributed by atoms with van der Waals surface area (Å²) in [6, 6.07) is 3.95. The van der Waals surface area contributed by atoms with Crippen molar-refractivity contribution in [3.63, 3.8) is 0 Å². The van der Waals surface area contributed by atoms with E-state index in [1.54, 1.807) is 18.4 Å². The molecule has 1 aromatic heterocycles. The summed E-state index contributed by atoms with van der Waals surface area (Å²) in [7, 11) is 1.67. The molecule has 110 valence electrons. The van der Waals surface area contributed by atoms with Crippen LogP contribution in [0, 0.1) is 0 Å². The number of hydrogen-bond acceptors (Lipinski definition) is 4. The molecule has 7 heteroatoms. The zero-order chi connectivity index (χ0) is 13.4. The second-order valence-corrected chi connectivity index (χ2v) is 6.39. The van der Waals surface area contributed by atoms with Crippen LogP contribution in [0.1, 0.15) is 17.7 Å². The van der Waals surface area contributed by atoms with Gasteiger partial charge in [-0.05, 0) is 35.0 Å². The third kappa shape index (κ3) is 7.27. The molecule has 0 aliphatic heterocycles. The molecular formula is C12H20BrClN2O2S. The molecule has 1 rings (SSSR count). The minimum atomic E-state index is -0.0970. The maximum Gasteiger partial charge on any atom is 0.228 e. The van der Waals surface area contributed by atoms with E-state index in [0.717, 1.165) is 21.8 Å². The van der Waals surface area contributed by atoms with Gasteiger partial charge >= 0.3 is 0 Å². The number of hydrogen-bond donors (Lipinski definition) is 2. The Hall–Kier alpha value is -0.140. The Morgan fingerprint density at radius 3 is 2.74 bits per heavy atom. The highest BCUT2D eigenvalue weighted by molar-refractivity contribution is 9.11. The molecule has 0 spiro atoms. The highest BCUT2D eigenvalue weighted by atomic mass is 79.9. The quantitative estimate of drug-likeness (QED) is 0.690. The Bertz CT molecular complexity index is 376. The molecule has 4 nitrogen and oxygen atoms in total. The predicted octanol–water partition coefficient (Wildman–Crippen LogP) is 2.39. The van der Waals surface area contributed by atoms with Gasteiger partial charge in [0.05, 0.1) is 16.3 Å². The van der Waals surface area contributed by atoms with Crippen molar-refractivity contribution < 1.29 is 9.53 Å². The van der Waals surface area contributed by atoms with Crippen LogP contribution in [0.3, 0.4) is 0 Å². The lowest BCUT2D eigenvalue weighted by Crippen LogP contribution is -2.35. The lowest BCUT2D eigenvalue weighted by Gasteiger charge is -2.11. The largest absolute Gasteiger partial charge is 0.383 e. The van der Waals surface area contributed by atoms with Crippen molar-refractivity contribution in [2.24, 2.45) is 0 Å². The van der Waals surface area contributed by atoms with Crippen molar-refractivity contribution in [1.29, 1.82) is 0 Å². The zero-order valence-corrected chi connectivity index (χ0v) is 14.3. The number of amides is 1. The first kappa shape index (κ1) is 18.9. The molecule has 0 radical (unpaired) electrons. The van der Waals surface area contributed by atoms with E-state index in [2.05, 4.69) is 26.6 Å². The van der Waals surface area contributed by atoms with Crippen molar-refractivity contribution in [3.8, 4) is 0 Å². The first-order valence-electron chi connectivity index (χ1n) is 5.87. The van der Waals surface area contributed by atoms with E-state index in [-0.39, 0.29) is 24.2 Å². The number of carbonyl (C=O) groups excluding carboxylic acids is 1. The molecule has 0 saturated heterocycles. The molecule has 1 atom stereocenters. The highest BCUT2D eigenvalue weighted by Gasteiger charge is 2.16. The lowest BCUT2D eigenvalue weighted by atomic mass is 10.1. The van der Waals surface area contributed by atoms with Gasteiger partial charge in [0, 0.05) is 31.6 Å². The smallest absolute Gasteiger partial charge is 0.228 e. The van der Waals surface area contributed by atoms with Crippen LogP contribution in [0.15, 0.2) is 15.9 Å². The van der Waals surface area contributed by atoms with E-state index in [0.29, 0.717) is 13.2 Å². The van der Waals surface area contributed by atoms with Gasteiger partial charge in [-0.1, -0.05) is 0 Å². The first-order chi connectivity index (χ1) is 8.65. The molecule has 2 N–H and O–H groups in total. The number of methoxy groups -OCH3 is 1. The van der Waals surface area contributed by atoms with Crippen molar-refractivity contribution >= 4 is 45.6 Å². The fourth-order valence-electron chi connectivity index (χ4n) is 1.42. The van der Waals surface area contributed by atoms with Crippen molar-refractivity contribution in [3.05, 3.63) is 20.8 Å². The van der Waals surface area contributed by atoms with Crippen LogP contribution in [0.4, 0.5) is 0 Å². The van der Waals surface area contributed by atoms with Gasteiger partial charge in [-0.25, -0.2) is 0 Å². The second kappa shape index (κ2) is 10.6. The van der Waals surface area contributed by atoms with Gasteiger partial charge in [-0.3, -0.25) is 4.79 Å².